The average molecular weight is 158 g/mol. The quantitative estimate of drug-likeness (QED) is 0.287. The molecule has 0 aliphatic rings. The SMILES string of the molecule is O=CCCC(C=O)C=O.[AlH3]. The molecule has 0 aromatic carbocycles. The lowest BCUT2D eigenvalue weighted by molar-refractivity contribution is -0.119. The van der Waals surface area contributed by atoms with Gasteiger partial charge in [0.05, 0.1) is 5.92 Å². The molecule has 10 heavy (non-hydrogen) atoms. The van der Waals surface area contributed by atoms with Crippen molar-refractivity contribution in [3.05, 3.63) is 0 Å². The third-order valence-electron chi connectivity index (χ3n) is 0.967. The van der Waals surface area contributed by atoms with Crippen molar-refractivity contribution in [2.24, 2.45) is 5.92 Å². The Morgan fingerprint density at radius 2 is 1.60 bits per heavy atom. The summed E-state index contributed by atoms with van der Waals surface area (Å²) >= 11 is 0. The highest BCUT2D eigenvalue weighted by atomic mass is 27.0. The zero-order chi connectivity index (χ0) is 7.11. The molecule has 0 bridgehead atoms. The lowest BCUT2D eigenvalue weighted by Crippen LogP contribution is -2.02. The molecule has 56 valence electrons. The minimum absolute atomic E-state index is 0. The van der Waals surface area contributed by atoms with Gasteiger partial charge in [0.1, 0.15) is 18.9 Å². The first-order valence-electron chi connectivity index (χ1n) is 2.69. The van der Waals surface area contributed by atoms with E-state index >= 15 is 0 Å². The predicted octanol–water partition coefficient (Wildman–Crippen LogP) is -1.20. The Hall–Kier alpha value is -0.458. The first-order chi connectivity index (χ1) is 4.35. The van der Waals surface area contributed by atoms with E-state index in [4.69, 9.17) is 0 Å². The first kappa shape index (κ1) is 12.2. The molecule has 0 aromatic heterocycles. The lowest BCUT2D eigenvalue weighted by atomic mass is 10.1. The molecule has 3 nitrogen and oxygen atoms in total. The molecule has 0 fully saturated rings. The van der Waals surface area contributed by atoms with E-state index in [1.54, 1.807) is 0 Å². The molecule has 0 amide bonds. The normalized spacial score (nSPS) is 8.10. The van der Waals surface area contributed by atoms with Crippen LogP contribution in [0.15, 0.2) is 0 Å². The fourth-order valence-electron chi connectivity index (χ4n) is 0.429. The highest BCUT2D eigenvalue weighted by Crippen LogP contribution is 1.96. The fourth-order valence-corrected chi connectivity index (χ4v) is 0.429. The van der Waals surface area contributed by atoms with Crippen LogP contribution in [0.5, 0.6) is 0 Å². The van der Waals surface area contributed by atoms with E-state index < -0.39 is 5.92 Å². The minimum Gasteiger partial charge on any atom is -0.303 e. The van der Waals surface area contributed by atoms with Crippen LogP contribution in [-0.4, -0.2) is 36.2 Å². The number of carbonyl (C=O) groups excluding carboxylic acids is 3. The fraction of sp³-hybridized carbons (Fsp3) is 0.500. The molecule has 4 heteroatoms. The molecule has 0 atom stereocenters. The summed E-state index contributed by atoms with van der Waals surface area (Å²) < 4.78 is 0. The predicted molar refractivity (Wildman–Crippen MR) is 40.9 cm³/mol. The molecular formula is C6H11AlO3. The summed E-state index contributed by atoms with van der Waals surface area (Å²) in [4.78, 5) is 29.5. The molecule has 0 aliphatic heterocycles. The van der Waals surface area contributed by atoms with Gasteiger partial charge in [0.25, 0.3) is 0 Å². The Morgan fingerprint density at radius 1 is 1.10 bits per heavy atom. The Balaban J connectivity index is 0. The molecule has 0 unspecified atom stereocenters. The van der Waals surface area contributed by atoms with Crippen LogP contribution in [0.3, 0.4) is 0 Å². The summed E-state index contributed by atoms with van der Waals surface area (Å²) in [5, 5.41) is 0. The third kappa shape index (κ3) is 5.68. The van der Waals surface area contributed by atoms with Crippen LogP contribution in [-0.2, 0) is 14.4 Å². The van der Waals surface area contributed by atoms with Gasteiger partial charge in [-0.15, -0.1) is 0 Å². The summed E-state index contributed by atoms with van der Waals surface area (Å²) in [7, 11) is 0. The maximum absolute atomic E-state index is 9.89. The molecule has 0 saturated heterocycles. The van der Waals surface area contributed by atoms with E-state index in [0.29, 0.717) is 25.3 Å². The van der Waals surface area contributed by atoms with Gasteiger partial charge in [0, 0.05) is 6.42 Å². The molecular weight excluding hydrogens is 147 g/mol. The second-order valence-electron chi connectivity index (χ2n) is 1.68. The highest BCUT2D eigenvalue weighted by Gasteiger charge is 2.02. The topological polar surface area (TPSA) is 51.2 Å². The van der Waals surface area contributed by atoms with Gasteiger partial charge in [-0.2, -0.15) is 0 Å². The van der Waals surface area contributed by atoms with Crippen LogP contribution in [0.25, 0.3) is 0 Å². The molecule has 0 heterocycles. The number of rotatable bonds is 5. The van der Waals surface area contributed by atoms with Crippen molar-refractivity contribution in [1.82, 2.24) is 0 Å². The van der Waals surface area contributed by atoms with E-state index in [2.05, 4.69) is 0 Å². The first-order valence-corrected chi connectivity index (χ1v) is 2.69. The third-order valence-corrected chi connectivity index (χ3v) is 0.967. The largest absolute Gasteiger partial charge is 0.303 e. The standard InChI is InChI=1S/C6H8O3.Al.3H/c7-3-1-2-6(4-8)5-9;;;;/h3-6H,1-2H2;;;;. The van der Waals surface area contributed by atoms with Crippen molar-refractivity contribution in [3.8, 4) is 0 Å². The van der Waals surface area contributed by atoms with Crippen LogP contribution in [0.1, 0.15) is 12.8 Å². The van der Waals surface area contributed by atoms with Crippen molar-refractivity contribution in [2.45, 2.75) is 12.8 Å². The van der Waals surface area contributed by atoms with Gasteiger partial charge in [-0.05, 0) is 6.42 Å². The maximum atomic E-state index is 9.89. The monoisotopic (exact) mass is 158 g/mol. The molecule has 0 aliphatic carbocycles. The van der Waals surface area contributed by atoms with Gasteiger partial charge in [0.2, 0.25) is 0 Å². The summed E-state index contributed by atoms with van der Waals surface area (Å²) in [5.74, 6) is -0.588. The smallest absolute Gasteiger partial charge is 0.187 e. The van der Waals surface area contributed by atoms with Crippen molar-refractivity contribution >= 4 is 36.2 Å². The molecule has 0 spiro atoms. The summed E-state index contributed by atoms with van der Waals surface area (Å²) in [5.41, 5.74) is 0. The molecule has 0 rings (SSSR count). The number of hydrogen-bond acceptors (Lipinski definition) is 3. The van der Waals surface area contributed by atoms with Crippen molar-refractivity contribution in [1.29, 1.82) is 0 Å². The van der Waals surface area contributed by atoms with Gasteiger partial charge in [0.15, 0.2) is 17.4 Å². The van der Waals surface area contributed by atoms with Crippen molar-refractivity contribution < 1.29 is 14.4 Å². The van der Waals surface area contributed by atoms with E-state index in [9.17, 15) is 14.4 Å². The second-order valence-corrected chi connectivity index (χ2v) is 1.68. The van der Waals surface area contributed by atoms with Crippen LogP contribution >= 0.6 is 0 Å². The summed E-state index contributed by atoms with van der Waals surface area (Å²) in [6, 6.07) is 0. The van der Waals surface area contributed by atoms with Crippen LogP contribution in [0.4, 0.5) is 0 Å². The summed E-state index contributed by atoms with van der Waals surface area (Å²) in [6.07, 6.45) is 2.42. The lowest BCUT2D eigenvalue weighted by Gasteiger charge is -1.93. The van der Waals surface area contributed by atoms with Gasteiger partial charge < -0.3 is 14.4 Å². The van der Waals surface area contributed by atoms with E-state index in [1.165, 1.54) is 0 Å². The number of hydrogen-bond donors (Lipinski definition) is 0. The van der Waals surface area contributed by atoms with Gasteiger partial charge >= 0.3 is 0 Å². The Kier molecular flexibility index (Phi) is 10.5. The van der Waals surface area contributed by atoms with Crippen molar-refractivity contribution in [2.75, 3.05) is 0 Å². The number of aldehydes is 3. The van der Waals surface area contributed by atoms with Crippen molar-refractivity contribution in [3.63, 3.8) is 0 Å². The zero-order valence-electron chi connectivity index (χ0n) is 4.95. The molecule has 0 saturated carbocycles. The Bertz CT molecular complexity index is 106. The van der Waals surface area contributed by atoms with Crippen LogP contribution in [0, 0.1) is 5.92 Å². The second kappa shape index (κ2) is 8.54. The maximum Gasteiger partial charge on any atom is 0.187 e. The van der Waals surface area contributed by atoms with E-state index in [0.717, 1.165) is 0 Å². The number of carbonyl (C=O) groups is 3. The minimum atomic E-state index is -0.588. The van der Waals surface area contributed by atoms with Gasteiger partial charge in [-0.3, -0.25) is 0 Å². The molecule has 0 N–H and O–H groups in total. The Morgan fingerprint density at radius 3 is 1.90 bits per heavy atom. The van der Waals surface area contributed by atoms with E-state index in [-0.39, 0.29) is 23.8 Å². The van der Waals surface area contributed by atoms with Gasteiger partial charge in [-0.25, -0.2) is 0 Å². The Labute approximate surface area is 69.9 Å². The average Bonchev–Trinajstić information content (AvgIpc) is 1.91. The molecule has 0 radical (unpaired) electrons. The van der Waals surface area contributed by atoms with Crippen LogP contribution < -0.4 is 0 Å². The van der Waals surface area contributed by atoms with Crippen LogP contribution in [0.2, 0.25) is 0 Å². The van der Waals surface area contributed by atoms with Gasteiger partial charge in [-0.1, -0.05) is 0 Å². The highest BCUT2D eigenvalue weighted by molar-refractivity contribution is 5.77. The van der Waals surface area contributed by atoms with E-state index in [1.807, 2.05) is 0 Å². The molecule has 0 aromatic rings. The zero-order valence-corrected chi connectivity index (χ0v) is 4.95. The summed E-state index contributed by atoms with van der Waals surface area (Å²) in [6.45, 7) is 0.